The zero-order valence-electron chi connectivity index (χ0n) is 9.72. The molecule has 2 rings (SSSR count). The van der Waals surface area contributed by atoms with Gasteiger partial charge in [0.2, 0.25) is 0 Å². The van der Waals surface area contributed by atoms with Gasteiger partial charge in [-0.3, -0.25) is 0 Å². The van der Waals surface area contributed by atoms with Gasteiger partial charge in [-0.1, -0.05) is 41.6 Å². The maximum absolute atomic E-state index is 10.8. The highest BCUT2D eigenvalue weighted by Gasteiger charge is 2.16. The fraction of sp³-hybridized carbons (Fsp3) is 0. The second kappa shape index (κ2) is 5.63. The third-order valence-electron chi connectivity index (χ3n) is 2.62. The zero-order valence-corrected chi connectivity index (χ0v) is 9.72. The fourth-order valence-electron chi connectivity index (χ4n) is 1.76. The Morgan fingerprint density at radius 3 is 1.58 bits per heavy atom. The molecule has 0 saturated heterocycles. The molecule has 0 radical (unpaired) electrons. The number of nitrogens with zero attached hydrogens (tertiary/aromatic N) is 3. The van der Waals surface area contributed by atoms with Crippen LogP contribution < -0.4 is 0 Å². The minimum atomic E-state index is 0.0744. The monoisotopic (exact) mass is 255 g/mol. The van der Waals surface area contributed by atoms with E-state index >= 15 is 0 Å². The van der Waals surface area contributed by atoms with Gasteiger partial charge in [0.05, 0.1) is 0 Å². The molecule has 0 aliphatic carbocycles. The Balaban J connectivity index is 2.64. The van der Waals surface area contributed by atoms with Crippen LogP contribution in [0.3, 0.4) is 0 Å². The van der Waals surface area contributed by atoms with Crippen LogP contribution >= 0.6 is 0 Å². The van der Waals surface area contributed by atoms with Crippen LogP contribution in [0, 0.1) is 9.81 Å². The van der Waals surface area contributed by atoms with Crippen LogP contribution in [0.15, 0.2) is 64.0 Å². The Labute approximate surface area is 108 Å². The molecule has 1 N–H and O–H groups in total. The van der Waals surface area contributed by atoms with Crippen molar-refractivity contribution in [3.63, 3.8) is 0 Å². The van der Waals surface area contributed by atoms with Gasteiger partial charge >= 0.3 is 0 Å². The molecule has 0 heterocycles. The van der Waals surface area contributed by atoms with E-state index in [0.717, 1.165) is 0 Å². The maximum atomic E-state index is 10.8. The van der Waals surface area contributed by atoms with Crippen LogP contribution in [0.25, 0.3) is 0 Å². The van der Waals surface area contributed by atoms with Crippen molar-refractivity contribution in [2.75, 3.05) is 0 Å². The quantitative estimate of drug-likeness (QED) is 0.390. The van der Waals surface area contributed by atoms with E-state index in [0.29, 0.717) is 11.1 Å². The molecular weight excluding hydrogens is 246 g/mol. The minimum Gasteiger partial charge on any atom is -0.410 e. The highest BCUT2D eigenvalue weighted by molar-refractivity contribution is 6.17. The number of hydrogen-bond acceptors (Lipinski definition) is 6. The Morgan fingerprint density at radius 2 is 1.21 bits per heavy atom. The summed E-state index contributed by atoms with van der Waals surface area (Å²) in [4.78, 5) is 21.5. The molecule has 6 nitrogen and oxygen atoms in total. The van der Waals surface area contributed by atoms with E-state index in [4.69, 9.17) is 0 Å². The third kappa shape index (κ3) is 2.37. The molecule has 19 heavy (non-hydrogen) atoms. The lowest BCUT2D eigenvalue weighted by Crippen LogP contribution is -2.04. The average molecular weight is 255 g/mol. The van der Waals surface area contributed by atoms with Gasteiger partial charge in [0.25, 0.3) is 0 Å². The Morgan fingerprint density at radius 1 is 0.789 bits per heavy atom. The van der Waals surface area contributed by atoms with Crippen molar-refractivity contribution in [3.05, 3.63) is 69.5 Å². The van der Waals surface area contributed by atoms with Gasteiger partial charge in [0.15, 0.2) is 0 Å². The molecule has 0 saturated carbocycles. The number of rotatable bonds is 4. The summed E-state index contributed by atoms with van der Waals surface area (Å²) >= 11 is 0. The third-order valence-corrected chi connectivity index (χ3v) is 2.62. The summed E-state index contributed by atoms with van der Waals surface area (Å²) in [5, 5.41) is 18.1. The Kier molecular flexibility index (Phi) is 3.72. The fourth-order valence-corrected chi connectivity index (χ4v) is 1.76. The predicted molar refractivity (Wildman–Crippen MR) is 71.2 cm³/mol. The molecular formula is C13H9N3O3. The first-order valence-corrected chi connectivity index (χ1v) is 5.39. The second-order valence-electron chi connectivity index (χ2n) is 3.67. The van der Waals surface area contributed by atoms with E-state index in [1.54, 1.807) is 36.4 Å². The molecule has 0 spiro atoms. The van der Waals surface area contributed by atoms with Crippen LogP contribution in [0.2, 0.25) is 0 Å². The normalized spacial score (nSPS) is 9.68. The summed E-state index contributed by atoms with van der Waals surface area (Å²) in [7, 11) is 0. The summed E-state index contributed by atoms with van der Waals surface area (Å²) in [6.45, 7) is 0. The van der Waals surface area contributed by atoms with Crippen molar-refractivity contribution in [1.29, 1.82) is 0 Å². The number of hydrogen-bond donors (Lipinski definition) is 1. The van der Waals surface area contributed by atoms with Crippen LogP contribution in [-0.2, 0) is 0 Å². The van der Waals surface area contributed by atoms with Crippen molar-refractivity contribution in [2.45, 2.75) is 0 Å². The summed E-state index contributed by atoms with van der Waals surface area (Å²) in [6, 6.07) is 12.8. The Hall–Kier alpha value is -2.89. The number of benzene rings is 2. The van der Waals surface area contributed by atoms with Gasteiger partial charge < -0.3 is 5.21 Å². The number of oxime groups is 1. The molecule has 6 heteroatoms. The molecule has 0 unspecified atom stereocenters. The van der Waals surface area contributed by atoms with Crippen LogP contribution in [0.1, 0.15) is 11.1 Å². The van der Waals surface area contributed by atoms with E-state index < -0.39 is 0 Å². The molecule has 0 aliphatic heterocycles. The largest absolute Gasteiger partial charge is 0.410 e. The average Bonchev–Trinajstić information content (AvgIpc) is 2.49. The predicted octanol–water partition coefficient (Wildman–Crippen LogP) is 3.71. The molecule has 0 atom stereocenters. The SMILES string of the molecule is O=Nc1ccccc1C(=NO)c1ccccc1N=O. The highest BCUT2D eigenvalue weighted by Crippen LogP contribution is 2.27. The smallest absolute Gasteiger partial charge is 0.121 e. The lowest BCUT2D eigenvalue weighted by atomic mass is 9.99. The van der Waals surface area contributed by atoms with Crippen molar-refractivity contribution in [1.82, 2.24) is 0 Å². The molecule has 0 aromatic heterocycles. The topological polar surface area (TPSA) is 91.4 Å². The van der Waals surface area contributed by atoms with Crippen LogP contribution in [-0.4, -0.2) is 10.9 Å². The van der Waals surface area contributed by atoms with Crippen LogP contribution in [0.4, 0.5) is 11.4 Å². The van der Waals surface area contributed by atoms with E-state index in [9.17, 15) is 15.0 Å². The van der Waals surface area contributed by atoms with Gasteiger partial charge in [-0.25, -0.2) is 0 Å². The minimum absolute atomic E-state index is 0.0744. The van der Waals surface area contributed by atoms with E-state index in [-0.39, 0.29) is 17.1 Å². The maximum Gasteiger partial charge on any atom is 0.121 e. The van der Waals surface area contributed by atoms with Crippen molar-refractivity contribution < 1.29 is 5.21 Å². The van der Waals surface area contributed by atoms with Gasteiger partial charge in [-0.05, 0) is 22.5 Å². The lowest BCUT2D eigenvalue weighted by molar-refractivity contribution is 0.319. The van der Waals surface area contributed by atoms with E-state index in [1.165, 1.54) is 12.1 Å². The van der Waals surface area contributed by atoms with Gasteiger partial charge in [-0.15, -0.1) is 9.81 Å². The standard InChI is InChI=1S/C13H9N3O3/c17-14-11-7-3-1-5-9(11)13(16-19)10-6-2-4-8-12(10)15-18/h1-8,19H. The first kappa shape index (κ1) is 12.6. The molecule has 2 aromatic rings. The lowest BCUT2D eigenvalue weighted by Gasteiger charge is -2.07. The molecule has 0 amide bonds. The first-order valence-electron chi connectivity index (χ1n) is 5.39. The second-order valence-corrected chi connectivity index (χ2v) is 3.67. The molecule has 2 aromatic carbocycles. The summed E-state index contributed by atoms with van der Waals surface area (Å²) in [6.07, 6.45) is 0. The van der Waals surface area contributed by atoms with Gasteiger partial charge in [0, 0.05) is 11.1 Å². The van der Waals surface area contributed by atoms with E-state index in [2.05, 4.69) is 15.5 Å². The van der Waals surface area contributed by atoms with Crippen molar-refractivity contribution in [2.24, 2.45) is 15.5 Å². The van der Waals surface area contributed by atoms with Gasteiger partial charge in [-0.2, -0.15) is 0 Å². The Bertz CT molecular complexity index is 600. The molecule has 94 valence electrons. The first-order chi connectivity index (χ1) is 9.31. The summed E-state index contributed by atoms with van der Waals surface area (Å²) in [5.41, 5.74) is 0.976. The number of nitroso groups, excluding NO2 is 2. The van der Waals surface area contributed by atoms with E-state index in [1.807, 2.05) is 0 Å². The zero-order chi connectivity index (χ0) is 13.7. The van der Waals surface area contributed by atoms with Crippen LogP contribution in [0.5, 0.6) is 0 Å². The molecule has 0 aliphatic rings. The molecule has 0 bridgehead atoms. The summed E-state index contributed by atoms with van der Waals surface area (Å²) in [5.74, 6) is 0. The molecule has 0 fully saturated rings. The summed E-state index contributed by atoms with van der Waals surface area (Å²) < 4.78 is 0. The van der Waals surface area contributed by atoms with Crippen molar-refractivity contribution >= 4 is 17.1 Å². The van der Waals surface area contributed by atoms with Crippen molar-refractivity contribution in [3.8, 4) is 0 Å². The van der Waals surface area contributed by atoms with Gasteiger partial charge in [0.1, 0.15) is 17.1 Å². The highest BCUT2D eigenvalue weighted by atomic mass is 16.4.